The number of aliphatic hydroxyl groups excluding tert-OH is 1. The second-order valence-corrected chi connectivity index (χ2v) is 4.29. The van der Waals surface area contributed by atoms with Gasteiger partial charge in [0, 0.05) is 25.7 Å². The zero-order chi connectivity index (χ0) is 11.8. The van der Waals surface area contributed by atoms with Crippen molar-refractivity contribution in [2.45, 2.75) is 32.7 Å². The molecule has 0 bridgehead atoms. The van der Waals surface area contributed by atoms with Crippen LogP contribution in [0.3, 0.4) is 0 Å². The average molecular weight is 353 g/mol. The van der Waals surface area contributed by atoms with Gasteiger partial charge in [-0.2, -0.15) is 0 Å². The Morgan fingerprint density at radius 3 is 2.65 bits per heavy atom. The lowest BCUT2D eigenvalue weighted by Gasteiger charge is -2.17. The van der Waals surface area contributed by atoms with Gasteiger partial charge in [0.1, 0.15) is 0 Å². The first-order chi connectivity index (χ1) is 7.76. The van der Waals surface area contributed by atoms with Gasteiger partial charge in [-0.1, -0.05) is 19.1 Å². The molecule has 1 atom stereocenters. The van der Waals surface area contributed by atoms with Crippen LogP contribution in [0.25, 0.3) is 0 Å². The minimum atomic E-state index is 0. The quantitative estimate of drug-likeness (QED) is 0.304. The third-order valence-electron chi connectivity index (χ3n) is 2.57. The highest BCUT2D eigenvalue weighted by molar-refractivity contribution is 14.0. The molecule has 1 aliphatic rings. The molecule has 3 N–H and O–H groups in total. The van der Waals surface area contributed by atoms with Crippen LogP contribution in [0.15, 0.2) is 17.1 Å². The van der Waals surface area contributed by atoms with Crippen molar-refractivity contribution < 1.29 is 5.11 Å². The molecule has 0 spiro atoms. The molecule has 0 heterocycles. The van der Waals surface area contributed by atoms with E-state index in [0.717, 1.165) is 25.3 Å². The normalized spacial score (nSPS) is 17.7. The van der Waals surface area contributed by atoms with E-state index in [4.69, 9.17) is 5.11 Å². The van der Waals surface area contributed by atoms with E-state index >= 15 is 0 Å². The molecular weight excluding hydrogens is 329 g/mol. The monoisotopic (exact) mass is 353 g/mol. The first kappa shape index (κ1) is 16.7. The molecule has 4 nitrogen and oxygen atoms in total. The Labute approximate surface area is 121 Å². The van der Waals surface area contributed by atoms with Crippen molar-refractivity contribution in [3.8, 4) is 0 Å². The molecule has 0 aromatic rings. The maximum atomic E-state index is 8.94. The third kappa shape index (κ3) is 6.88. The Hall–Kier alpha value is -0.300. The highest BCUT2D eigenvalue weighted by Gasteiger charge is 2.11. The van der Waals surface area contributed by atoms with E-state index in [0.29, 0.717) is 12.6 Å². The summed E-state index contributed by atoms with van der Waals surface area (Å²) in [5, 5.41) is 15.6. The largest absolute Gasteiger partial charge is 0.396 e. The third-order valence-corrected chi connectivity index (χ3v) is 2.57. The number of aliphatic hydroxyl groups is 1. The summed E-state index contributed by atoms with van der Waals surface area (Å²) in [4.78, 5) is 4.45. The summed E-state index contributed by atoms with van der Waals surface area (Å²) < 4.78 is 0. The molecule has 0 aromatic carbocycles. The minimum absolute atomic E-state index is 0. The summed E-state index contributed by atoms with van der Waals surface area (Å²) in [7, 11) is 0. The molecule has 0 aliphatic heterocycles. The van der Waals surface area contributed by atoms with Gasteiger partial charge < -0.3 is 15.7 Å². The van der Waals surface area contributed by atoms with Gasteiger partial charge in [-0.25, -0.2) is 0 Å². The number of guanidine groups is 1. The van der Waals surface area contributed by atoms with Crippen molar-refractivity contribution in [2.75, 3.05) is 19.7 Å². The first-order valence-electron chi connectivity index (χ1n) is 6.07. The molecule has 1 aliphatic carbocycles. The molecule has 0 fully saturated rings. The van der Waals surface area contributed by atoms with E-state index in [1.54, 1.807) is 0 Å². The standard InChI is InChI=1S/C12H23N3O.HI/c1-3-13-12(14-8-10(2)9-16)15-11-6-4-5-7-11;/h4-5,10-11,16H,3,6-9H2,1-2H3,(H2,13,14,15);1H. The number of hydrogen-bond donors (Lipinski definition) is 3. The Bertz CT molecular complexity index is 248. The van der Waals surface area contributed by atoms with Crippen LogP contribution in [-0.4, -0.2) is 36.8 Å². The van der Waals surface area contributed by atoms with E-state index < -0.39 is 0 Å². The summed E-state index contributed by atoms with van der Waals surface area (Å²) in [5.74, 6) is 1.08. The van der Waals surface area contributed by atoms with Crippen molar-refractivity contribution in [3.63, 3.8) is 0 Å². The molecule has 0 aromatic heterocycles. The van der Waals surface area contributed by atoms with E-state index in [1.807, 2.05) is 6.92 Å². The van der Waals surface area contributed by atoms with Crippen LogP contribution in [0.5, 0.6) is 0 Å². The lowest BCUT2D eigenvalue weighted by atomic mass is 10.2. The van der Waals surface area contributed by atoms with Crippen molar-refractivity contribution >= 4 is 29.9 Å². The fourth-order valence-corrected chi connectivity index (χ4v) is 1.55. The molecule has 1 rings (SSSR count). The fourth-order valence-electron chi connectivity index (χ4n) is 1.55. The van der Waals surface area contributed by atoms with Gasteiger partial charge in [0.2, 0.25) is 0 Å². The SMILES string of the molecule is CCNC(=NCC(C)CO)NC1CC=CC1.I. The Morgan fingerprint density at radius 2 is 2.12 bits per heavy atom. The first-order valence-corrected chi connectivity index (χ1v) is 6.07. The minimum Gasteiger partial charge on any atom is -0.396 e. The zero-order valence-electron chi connectivity index (χ0n) is 10.6. The highest BCUT2D eigenvalue weighted by Crippen LogP contribution is 2.08. The topological polar surface area (TPSA) is 56.7 Å². The molecule has 1 unspecified atom stereocenters. The predicted octanol–water partition coefficient (Wildman–Crippen LogP) is 1.51. The van der Waals surface area contributed by atoms with Crippen molar-refractivity contribution in [3.05, 3.63) is 12.2 Å². The maximum Gasteiger partial charge on any atom is 0.191 e. The fraction of sp³-hybridized carbons (Fsp3) is 0.750. The average Bonchev–Trinajstić information content (AvgIpc) is 2.78. The van der Waals surface area contributed by atoms with Crippen molar-refractivity contribution in [1.82, 2.24) is 10.6 Å². The smallest absolute Gasteiger partial charge is 0.191 e. The molecule has 5 heteroatoms. The van der Waals surface area contributed by atoms with E-state index in [1.165, 1.54) is 0 Å². The van der Waals surface area contributed by atoms with Crippen LogP contribution in [0.2, 0.25) is 0 Å². The second kappa shape index (κ2) is 9.70. The molecular formula is C12H24IN3O. The Balaban J connectivity index is 0.00000256. The van der Waals surface area contributed by atoms with Crippen LogP contribution >= 0.6 is 24.0 Å². The molecule has 0 saturated heterocycles. The summed E-state index contributed by atoms with van der Waals surface area (Å²) in [6, 6.07) is 0.474. The van der Waals surface area contributed by atoms with Crippen LogP contribution in [-0.2, 0) is 0 Å². The number of hydrogen-bond acceptors (Lipinski definition) is 2. The number of halogens is 1. The molecule has 0 saturated carbocycles. The van der Waals surface area contributed by atoms with E-state index in [2.05, 4.69) is 34.7 Å². The van der Waals surface area contributed by atoms with E-state index in [-0.39, 0.29) is 36.5 Å². The lowest BCUT2D eigenvalue weighted by molar-refractivity contribution is 0.241. The molecule has 100 valence electrons. The summed E-state index contributed by atoms with van der Waals surface area (Å²) in [5.41, 5.74) is 0. The number of nitrogens with one attached hydrogen (secondary N) is 2. The van der Waals surface area contributed by atoms with E-state index in [9.17, 15) is 0 Å². The number of rotatable bonds is 5. The van der Waals surface area contributed by atoms with Crippen molar-refractivity contribution in [2.24, 2.45) is 10.9 Å². The maximum absolute atomic E-state index is 8.94. The van der Waals surface area contributed by atoms with Gasteiger partial charge in [0.25, 0.3) is 0 Å². The van der Waals surface area contributed by atoms with Crippen LogP contribution in [0, 0.1) is 5.92 Å². The van der Waals surface area contributed by atoms with Gasteiger partial charge in [-0.3, -0.25) is 4.99 Å². The van der Waals surface area contributed by atoms with Crippen molar-refractivity contribution in [1.29, 1.82) is 0 Å². The van der Waals surface area contributed by atoms with Gasteiger partial charge in [0.15, 0.2) is 5.96 Å². The van der Waals surface area contributed by atoms with Crippen LogP contribution < -0.4 is 10.6 Å². The summed E-state index contributed by atoms with van der Waals surface area (Å²) in [6.07, 6.45) is 6.52. The predicted molar refractivity (Wildman–Crippen MR) is 82.9 cm³/mol. The Morgan fingerprint density at radius 1 is 1.47 bits per heavy atom. The number of nitrogens with zero attached hydrogens (tertiary/aromatic N) is 1. The number of aliphatic imine (C=N–C) groups is 1. The van der Waals surface area contributed by atoms with Crippen LogP contribution in [0.4, 0.5) is 0 Å². The second-order valence-electron chi connectivity index (χ2n) is 4.29. The van der Waals surface area contributed by atoms with Gasteiger partial charge in [-0.15, -0.1) is 24.0 Å². The molecule has 17 heavy (non-hydrogen) atoms. The molecule has 0 radical (unpaired) electrons. The highest BCUT2D eigenvalue weighted by atomic mass is 127. The van der Waals surface area contributed by atoms with Gasteiger partial charge in [-0.05, 0) is 25.7 Å². The zero-order valence-corrected chi connectivity index (χ0v) is 13.0. The Kier molecular flexibility index (Phi) is 9.53. The molecule has 0 amide bonds. The van der Waals surface area contributed by atoms with Crippen LogP contribution in [0.1, 0.15) is 26.7 Å². The van der Waals surface area contributed by atoms with Gasteiger partial charge >= 0.3 is 0 Å². The lowest BCUT2D eigenvalue weighted by Crippen LogP contribution is -2.42. The summed E-state index contributed by atoms with van der Waals surface area (Å²) in [6.45, 7) is 5.75. The summed E-state index contributed by atoms with van der Waals surface area (Å²) >= 11 is 0. The van der Waals surface area contributed by atoms with Gasteiger partial charge in [0.05, 0.1) is 0 Å².